The maximum absolute atomic E-state index is 13.4. The molecule has 1 aliphatic rings. The fraction of sp³-hybridized carbons (Fsp3) is 0.296. The number of aliphatic hydroxyl groups excluding tert-OH is 1. The molecule has 184 valence electrons. The van der Waals surface area contributed by atoms with Gasteiger partial charge < -0.3 is 14.7 Å². The Morgan fingerprint density at radius 1 is 1.03 bits per heavy atom. The molecule has 0 aromatic heterocycles. The van der Waals surface area contributed by atoms with Gasteiger partial charge in [-0.3, -0.25) is 4.90 Å². The average molecular weight is 517 g/mol. The van der Waals surface area contributed by atoms with E-state index < -0.39 is 6.10 Å². The van der Waals surface area contributed by atoms with Gasteiger partial charge in [0.05, 0.1) is 35.1 Å². The van der Waals surface area contributed by atoms with Crippen LogP contribution in [0.3, 0.4) is 0 Å². The van der Waals surface area contributed by atoms with Crippen molar-refractivity contribution in [2.45, 2.75) is 31.8 Å². The molecule has 4 rings (SSSR count). The van der Waals surface area contributed by atoms with E-state index >= 15 is 0 Å². The van der Waals surface area contributed by atoms with Crippen molar-refractivity contribution in [3.8, 4) is 0 Å². The molecule has 0 amide bonds. The van der Waals surface area contributed by atoms with Crippen molar-refractivity contribution in [2.24, 2.45) is 5.16 Å². The van der Waals surface area contributed by atoms with Crippen LogP contribution in [0.5, 0.6) is 0 Å². The third kappa shape index (κ3) is 7.75. The highest BCUT2D eigenvalue weighted by Crippen LogP contribution is 2.26. The minimum absolute atomic E-state index is 0.197. The predicted octanol–water partition coefficient (Wildman–Crippen LogP) is 5.71. The van der Waals surface area contributed by atoms with Crippen LogP contribution >= 0.6 is 23.2 Å². The molecule has 5 nitrogen and oxygen atoms in total. The molecule has 1 N–H and O–H groups in total. The van der Waals surface area contributed by atoms with Gasteiger partial charge >= 0.3 is 0 Å². The smallest absolute Gasteiger partial charge is 0.145 e. The van der Waals surface area contributed by atoms with Gasteiger partial charge in [0.25, 0.3) is 0 Å². The van der Waals surface area contributed by atoms with Crippen LogP contribution in [0.1, 0.15) is 23.1 Å². The summed E-state index contributed by atoms with van der Waals surface area (Å²) in [7, 11) is 0. The standard InChI is InChI=1S/C27H27Cl2FN2O3/c28-25-11-8-21(12-26(25)29)27-13-24(35-31-27)16-32(14-19-6-9-22(30)10-7-19)15-23(33)18-34-17-20-4-2-1-3-5-20/h1-12,23-24,33H,13-18H2/t23-,24+/m0/s1. The molecule has 3 aromatic carbocycles. The molecule has 1 aliphatic heterocycles. The molecule has 8 heteroatoms. The molecule has 2 atom stereocenters. The molecule has 1 heterocycles. The van der Waals surface area contributed by atoms with E-state index in [9.17, 15) is 9.50 Å². The Hall–Kier alpha value is -2.48. The van der Waals surface area contributed by atoms with Gasteiger partial charge in [0.2, 0.25) is 0 Å². The van der Waals surface area contributed by atoms with Gasteiger partial charge in [-0.05, 0) is 35.4 Å². The molecule has 0 unspecified atom stereocenters. The average Bonchev–Trinajstić information content (AvgIpc) is 3.31. The zero-order chi connectivity index (χ0) is 24.6. The van der Waals surface area contributed by atoms with Crippen LogP contribution in [0, 0.1) is 5.82 Å². The highest BCUT2D eigenvalue weighted by atomic mass is 35.5. The van der Waals surface area contributed by atoms with Gasteiger partial charge in [-0.1, -0.05) is 76.9 Å². The van der Waals surface area contributed by atoms with E-state index in [0.717, 1.165) is 22.4 Å². The van der Waals surface area contributed by atoms with Crippen LogP contribution in [0.2, 0.25) is 10.0 Å². The van der Waals surface area contributed by atoms with Crippen LogP contribution in [-0.4, -0.2) is 47.6 Å². The van der Waals surface area contributed by atoms with Crippen LogP contribution in [0.15, 0.2) is 78.0 Å². The number of benzene rings is 3. The van der Waals surface area contributed by atoms with Gasteiger partial charge in [0.15, 0.2) is 0 Å². The van der Waals surface area contributed by atoms with E-state index in [0.29, 0.717) is 42.7 Å². The molecular weight excluding hydrogens is 490 g/mol. The van der Waals surface area contributed by atoms with Crippen molar-refractivity contribution in [1.29, 1.82) is 0 Å². The lowest BCUT2D eigenvalue weighted by Gasteiger charge is -2.27. The fourth-order valence-electron chi connectivity index (χ4n) is 3.95. The maximum atomic E-state index is 13.4. The molecule has 3 aromatic rings. The van der Waals surface area contributed by atoms with Crippen LogP contribution < -0.4 is 0 Å². The van der Waals surface area contributed by atoms with Crippen molar-refractivity contribution < 1.29 is 19.1 Å². The second kappa shape index (κ2) is 12.5. The van der Waals surface area contributed by atoms with E-state index in [1.807, 2.05) is 36.4 Å². The topological polar surface area (TPSA) is 54.3 Å². The number of aliphatic hydroxyl groups is 1. The van der Waals surface area contributed by atoms with E-state index in [2.05, 4.69) is 10.1 Å². The first-order valence-electron chi connectivity index (χ1n) is 11.4. The number of ether oxygens (including phenoxy) is 1. The molecule has 0 saturated heterocycles. The van der Waals surface area contributed by atoms with Crippen molar-refractivity contribution in [2.75, 3.05) is 19.7 Å². The van der Waals surface area contributed by atoms with Crippen LogP contribution in [0.25, 0.3) is 0 Å². The molecule has 0 aliphatic carbocycles. The first-order chi connectivity index (χ1) is 17.0. The Bertz CT molecular complexity index is 1130. The van der Waals surface area contributed by atoms with E-state index in [1.54, 1.807) is 24.3 Å². The van der Waals surface area contributed by atoms with Crippen molar-refractivity contribution in [1.82, 2.24) is 4.90 Å². The summed E-state index contributed by atoms with van der Waals surface area (Å²) < 4.78 is 19.1. The number of nitrogens with zero attached hydrogens (tertiary/aromatic N) is 2. The van der Waals surface area contributed by atoms with Gasteiger partial charge in [-0.15, -0.1) is 0 Å². The Labute approximate surface area is 214 Å². The van der Waals surface area contributed by atoms with Crippen molar-refractivity contribution in [3.63, 3.8) is 0 Å². The van der Waals surface area contributed by atoms with Crippen molar-refractivity contribution >= 4 is 28.9 Å². The monoisotopic (exact) mass is 516 g/mol. The Morgan fingerprint density at radius 2 is 1.80 bits per heavy atom. The first kappa shape index (κ1) is 25.6. The SMILES string of the molecule is O[C@H](COCc1ccccc1)CN(Cc1ccc(F)cc1)C[C@H]1CC(c2ccc(Cl)c(Cl)c2)=NO1. The van der Waals surface area contributed by atoms with Gasteiger partial charge in [-0.2, -0.15) is 0 Å². The molecule has 0 spiro atoms. The number of hydrogen-bond acceptors (Lipinski definition) is 5. The lowest BCUT2D eigenvalue weighted by atomic mass is 10.0. The lowest BCUT2D eigenvalue weighted by Crippen LogP contribution is -2.39. The number of halogens is 3. The Balaban J connectivity index is 1.35. The molecular formula is C27H27Cl2FN2O3. The minimum Gasteiger partial charge on any atom is -0.390 e. The summed E-state index contributed by atoms with van der Waals surface area (Å²) >= 11 is 12.2. The van der Waals surface area contributed by atoms with Crippen molar-refractivity contribution in [3.05, 3.63) is 105 Å². The molecule has 0 bridgehead atoms. The van der Waals surface area contributed by atoms with Gasteiger partial charge in [0, 0.05) is 31.6 Å². The zero-order valence-corrected chi connectivity index (χ0v) is 20.6. The summed E-state index contributed by atoms with van der Waals surface area (Å²) in [5.41, 5.74) is 3.64. The number of oxime groups is 1. The predicted molar refractivity (Wildman–Crippen MR) is 136 cm³/mol. The third-order valence-corrected chi connectivity index (χ3v) is 6.40. The summed E-state index contributed by atoms with van der Waals surface area (Å²) in [5, 5.41) is 15.9. The van der Waals surface area contributed by atoms with E-state index in [4.69, 9.17) is 32.8 Å². The largest absolute Gasteiger partial charge is 0.390 e. The summed E-state index contributed by atoms with van der Waals surface area (Å²) in [6.07, 6.45) is -0.299. The fourth-order valence-corrected chi connectivity index (χ4v) is 4.25. The summed E-state index contributed by atoms with van der Waals surface area (Å²) in [6.45, 7) is 2.06. The normalized spacial score (nSPS) is 16.3. The molecule has 35 heavy (non-hydrogen) atoms. The van der Waals surface area contributed by atoms with E-state index in [1.165, 1.54) is 12.1 Å². The summed E-state index contributed by atoms with van der Waals surface area (Å²) in [5.74, 6) is -0.284. The quantitative estimate of drug-likeness (QED) is 0.354. The van der Waals surface area contributed by atoms with Crippen LogP contribution in [-0.2, 0) is 22.7 Å². The van der Waals surface area contributed by atoms with Gasteiger partial charge in [-0.25, -0.2) is 4.39 Å². The van der Waals surface area contributed by atoms with E-state index in [-0.39, 0.29) is 18.5 Å². The molecule has 0 radical (unpaired) electrons. The third-order valence-electron chi connectivity index (χ3n) is 5.66. The molecule has 0 fully saturated rings. The minimum atomic E-state index is -0.698. The maximum Gasteiger partial charge on any atom is 0.145 e. The Kier molecular flexibility index (Phi) is 9.12. The summed E-state index contributed by atoms with van der Waals surface area (Å²) in [6, 6.07) is 21.6. The lowest BCUT2D eigenvalue weighted by molar-refractivity contribution is -0.00649. The number of rotatable bonds is 11. The highest BCUT2D eigenvalue weighted by Gasteiger charge is 2.26. The van der Waals surface area contributed by atoms with Crippen LogP contribution in [0.4, 0.5) is 4.39 Å². The zero-order valence-electron chi connectivity index (χ0n) is 19.1. The van der Waals surface area contributed by atoms with Gasteiger partial charge in [0.1, 0.15) is 11.9 Å². The highest BCUT2D eigenvalue weighted by molar-refractivity contribution is 6.42. The second-order valence-corrected chi connectivity index (χ2v) is 9.39. The second-order valence-electron chi connectivity index (χ2n) is 8.57. The Morgan fingerprint density at radius 3 is 2.54 bits per heavy atom. The number of hydrogen-bond donors (Lipinski definition) is 1. The summed E-state index contributed by atoms with van der Waals surface area (Å²) in [4.78, 5) is 7.77. The molecule has 0 saturated carbocycles. The first-order valence-corrected chi connectivity index (χ1v) is 12.2.